The lowest BCUT2D eigenvalue weighted by Gasteiger charge is -2.26. The van der Waals surface area contributed by atoms with Gasteiger partial charge in [-0.05, 0) is 43.5 Å². The number of hydrogen-bond donors (Lipinski definition) is 1. The first-order chi connectivity index (χ1) is 12.5. The number of sulfone groups is 1. The highest BCUT2D eigenvalue weighted by molar-refractivity contribution is 7.91. The molecule has 0 amide bonds. The van der Waals surface area contributed by atoms with E-state index in [0.717, 1.165) is 29.4 Å². The van der Waals surface area contributed by atoms with E-state index in [1.807, 2.05) is 42.2 Å². The lowest BCUT2D eigenvalue weighted by Crippen LogP contribution is -2.37. The normalized spacial score (nSPS) is 18.6. The molecule has 1 atom stereocenters. The van der Waals surface area contributed by atoms with E-state index >= 15 is 0 Å². The molecule has 2 aromatic rings. The molecule has 1 aliphatic heterocycles. The van der Waals surface area contributed by atoms with Crippen LogP contribution in [0.3, 0.4) is 0 Å². The van der Waals surface area contributed by atoms with E-state index < -0.39 is 9.84 Å². The molecule has 1 aromatic carbocycles. The smallest absolute Gasteiger partial charge is 0.227 e. The number of anilines is 2. The molecule has 2 heterocycles. The molecule has 140 valence electrons. The van der Waals surface area contributed by atoms with Crippen LogP contribution in [0.5, 0.6) is 0 Å². The largest absolute Gasteiger partial charge is 0.370 e. The van der Waals surface area contributed by atoms with Gasteiger partial charge >= 0.3 is 0 Å². The van der Waals surface area contributed by atoms with Crippen LogP contribution in [0, 0.1) is 0 Å². The number of aromatic nitrogens is 2. The Balaban J connectivity index is 1.63. The van der Waals surface area contributed by atoms with Crippen LogP contribution in [0.4, 0.5) is 11.8 Å². The van der Waals surface area contributed by atoms with Gasteiger partial charge in [-0.15, -0.1) is 0 Å². The number of halogens is 1. The standard InChI is InChI=1S/C18H23ClN4O2S/c1-2-23(16-8-11-26(24,25)13-16)18-21-10-7-17(22-18)20-9-6-14-4-3-5-15(19)12-14/h3-5,7,10,12,16H,2,6,8-9,11,13H2,1H3,(H,20,21,22). The van der Waals surface area contributed by atoms with Crippen LogP contribution in [-0.2, 0) is 16.3 Å². The Hall–Kier alpha value is -1.86. The summed E-state index contributed by atoms with van der Waals surface area (Å²) in [6, 6.07) is 9.56. The fraction of sp³-hybridized carbons (Fsp3) is 0.444. The molecule has 0 radical (unpaired) electrons. The second kappa shape index (κ2) is 8.22. The van der Waals surface area contributed by atoms with Crippen LogP contribution >= 0.6 is 11.6 Å². The van der Waals surface area contributed by atoms with Gasteiger partial charge in [0, 0.05) is 30.4 Å². The zero-order valence-corrected chi connectivity index (χ0v) is 16.3. The van der Waals surface area contributed by atoms with E-state index in [9.17, 15) is 8.42 Å². The molecule has 26 heavy (non-hydrogen) atoms. The fourth-order valence-corrected chi connectivity index (χ4v) is 5.14. The van der Waals surface area contributed by atoms with Crippen molar-refractivity contribution in [1.82, 2.24) is 9.97 Å². The number of benzene rings is 1. The summed E-state index contributed by atoms with van der Waals surface area (Å²) in [6.45, 7) is 3.39. The fourth-order valence-electron chi connectivity index (χ4n) is 3.20. The Morgan fingerprint density at radius 1 is 1.35 bits per heavy atom. The second-order valence-corrected chi connectivity index (χ2v) is 9.06. The van der Waals surface area contributed by atoms with E-state index in [1.54, 1.807) is 6.20 Å². The zero-order chi connectivity index (χ0) is 18.6. The Morgan fingerprint density at radius 2 is 2.19 bits per heavy atom. The molecule has 1 aliphatic rings. The van der Waals surface area contributed by atoms with Gasteiger partial charge in [0.1, 0.15) is 5.82 Å². The van der Waals surface area contributed by atoms with Gasteiger partial charge in [-0.25, -0.2) is 13.4 Å². The maximum Gasteiger partial charge on any atom is 0.227 e. The minimum Gasteiger partial charge on any atom is -0.370 e. The number of rotatable bonds is 7. The van der Waals surface area contributed by atoms with Crippen LogP contribution in [0.2, 0.25) is 5.02 Å². The van der Waals surface area contributed by atoms with Crippen molar-refractivity contribution in [2.45, 2.75) is 25.8 Å². The Morgan fingerprint density at radius 3 is 2.88 bits per heavy atom. The number of nitrogens with zero attached hydrogens (tertiary/aromatic N) is 3. The molecule has 1 fully saturated rings. The molecule has 1 saturated heterocycles. The highest BCUT2D eigenvalue weighted by Gasteiger charge is 2.32. The second-order valence-electron chi connectivity index (χ2n) is 6.39. The van der Waals surface area contributed by atoms with Crippen LogP contribution in [0.25, 0.3) is 0 Å². The predicted octanol–water partition coefficient (Wildman–Crippen LogP) is 2.80. The first kappa shape index (κ1) is 18.9. The highest BCUT2D eigenvalue weighted by atomic mass is 35.5. The first-order valence-electron chi connectivity index (χ1n) is 8.75. The van der Waals surface area contributed by atoms with E-state index in [4.69, 9.17) is 11.6 Å². The topological polar surface area (TPSA) is 75.2 Å². The van der Waals surface area contributed by atoms with Crippen molar-refractivity contribution in [3.8, 4) is 0 Å². The van der Waals surface area contributed by atoms with E-state index in [1.165, 1.54) is 0 Å². The van der Waals surface area contributed by atoms with Gasteiger partial charge in [0.25, 0.3) is 0 Å². The van der Waals surface area contributed by atoms with Crippen LogP contribution in [-0.4, -0.2) is 49.0 Å². The summed E-state index contributed by atoms with van der Waals surface area (Å²) in [4.78, 5) is 10.9. The number of nitrogens with one attached hydrogen (secondary N) is 1. The van der Waals surface area contributed by atoms with Crippen molar-refractivity contribution in [1.29, 1.82) is 0 Å². The van der Waals surface area contributed by atoms with Gasteiger partial charge in [0.15, 0.2) is 9.84 Å². The van der Waals surface area contributed by atoms with Crippen LogP contribution in [0.1, 0.15) is 18.9 Å². The first-order valence-corrected chi connectivity index (χ1v) is 11.0. The summed E-state index contributed by atoms with van der Waals surface area (Å²) >= 11 is 6.01. The molecule has 1 unspecified atom stereocenters. The Kier molecular flexibility index (Phi) is 5.98. The minimum absolute atomic E-state index is 0.0493. The Bertz CT molecular complexity index is 860. The van der Waals surface area contributed by atoms with Crippen molar-refractivity contribution in [2.75, 3.05) is 34.8 Å². The molecular weight excluding hydrogens is 372 g/mol. The van der Waals surface area contributed by atoms with Gasteiger partial charge in [-0.3, -0.25) is 0 Å². The molecular formula is C18H23ClN4O2S. The van der Waals surface area contributed by atoms with Crippen LogP contribution < -0.4 is 10.2 Å². The van der Waals surface area contributed by atoms with E-state index in [0.29, 0.717) is 18.9 Å². The van der Waals surface area contributed by atoms with Gasteiger partial charge in [0.05, 0.1) is 11.5 Å². The van der Waals surface area contributed by atoms with E-state index in [-0.39, 0.29) is 17.5 Å². The molecule has 8 heteroatoms. The molecule has 0 spiro atoms. The maximum atomic E-state index is 11.8. The Labute approximate surface area is 159 Å². The average molecular weight is 395 g/mol. The van der Waals surface area contributed by atoms with Crippen LogP contribution in [0.15, 0.2) is 36.5 Å². The van der Waals surface area contributed by atoms with Crippen molar-refractivity contribution >= 4 is 33.2 Å². The van der Waals surface area contributed by atoms with E-state index in [2.05, 4.69) is 15.3 Å². The monoisotopic (exact) mass is 394 g/mol. The minimum atomic E-state index is -2.94. The molecule has 1 N–H and O–H groups in total. The lowest BCUT2D eigenvalue weighted by molar-refractivity contribution is 0.599. The summed E-state index contributed by atoms with van der Waals surface area (Å²) in [6.07, 6.45) is 3.17. The molecule has 0 saturated carbocycles. The number of hydrogen-bond acceptors (Lipinski definition) is 6. The van der Waals surface area contributed by atoms with Crippen molar-refractivity contribution in [3.05, 3.63) is 47.1 Å². The molecule has 0 bridgehead atoms. The molecule has 6 nitrogen and oxygen atoms in total. The van der Waals surface area contributed by atoms with Gasteiger partial charge in [-0.1, -0.05) is 23.7 Å². The van der Waals surface area contributed by atoms with Gasteiger partial charge in [-0.2, -0.15) is 4.98 Å². The summed E-state index contributed by atoms with van der Waals surface area (Å²) in [5.41, 5.74) is 1.16. The third kappa shape index (κ3) is 4.86. The zero-order valence-electron chi connectivity index (χ0n) is 14.7. The third-order valence-electron chi connectivity index (χ3n) is 4.50. The summed E-state index contributed by atoms with van der Waals surface area (Å²) in [5, 5.41) is 4.03. The lowest BCUT2D eigenvalue weighted by atomic mass is 10.1. The predicted molar refractivity (Wildman–Crippen MR) is 106 cm³/mol. The van der Waals surface area contributed by atoms with Gasteiger partial charge < -0.3 is 10.2 Å². The summed E-state index contributed by atoms with van der Waals surface area (Å²) in [5.74, 6) is 1.72. The summed E-state index contributed by atoms with van der Waals surface area (Å²) < 4.78 is 23.5. The highest BCUT2D eigenvalue weighted by Crippen LogP contribution is 2.22. The SMILES string of the molecule is CCN(c1nccc(NCCc2cccc(Cl)c2)n1)C1CCS(=O)(=O)C1. The molecule has 0 aliphatic carbocycles. The van der Waals surface area contributed by atoms with Crippen molar-refractivity contribution in [2.24, 2.45) is 0 Å². The maximum absolute atomic E-state index is 11.8. The summed E-state index contributed by atoms with van der Waals surface area (Å²) in [7, 11) is -2.94. The quantitative estimate of drug-likeness (QED) is 0.778. The molecule has 3 rings (SSSR count). The van der Waals surface area contributed by atoms with Crippen molar-refractivity contribution in [3.63, 3.8) is 0 Å². The molecule has 1 aromatic heterocycles. The van der Waals surface area contributed by atoms with Crippen molar-refractivity contribution < 1.29 is 8.42 Å². The van der Waals surface area contributed by atoms with Gasteiger partial charge in [0.2, 0.25) is 5.95 Å². The average Bonchev–Trinajstić information content (AvgIpc) is 2.96. The third-order valence-corrected chi connectivity index (χ3v) is 6.48.